The third-order valence-corrected chi connectivity index (χ3v) is 6.08. The fourth-order valence-corrected chi connectivity index (χ4v) is 4.22. The van der Waals surface area contributed by atoms with E-state index in [2.05, 4.69) is 41.2 Å². The molecule has 2 aromatic carbocycles. The summed E-state index contributed by atoms with van der Waals surface area (Å²) in [5.74, 6) is 1.07. The number of benzene rings is 2. The van der Waals surface area contributed by atoms with Gasteiger partial charge in [0, 0.05) is 23.7 Å². The number of nitrogens with zero attached hydrogens (tertiary/aromatic N) is 3. The Morgan fingerprint density at radius 1 is 1.03 bits per heavy atom. The van der Waals surface area contributed by atoms with Crippen molar-refractivity contribution < 1.29 is 14.3 Å². The molecule has 7 heteroatoms. The van der Waals surface area contributed by atoms with Crippen LogP contribution in [0.5, 0.6) is 11.5 Å². The maximum atomic E-state index is 12.7. The number of aryl methyl sites for hydroxylation is 1. The van der Waals surface area contributed by atoms with Gasteiger partial charge in [-0.3, -0.25) is 4.79 Å². The van der Waals surface area contributed by atoms with Gasteiger partial charge in [0.1, 0.15) is 10.5 Å². The van der Waals surface area contributed by atoms with Crippen LogP contribution in [0.25, 0.3) is 10.6 Å². The summed E-state index contributed by atoms with van der Waals surface area (Å²) in [4.78, 5) is 21.7. The van der Waals surface area contributed by atoms with Gasteiger partial charge in [0.2, 0.25) is 0 Å². The zero-order valence-corrected chi connectivity index (χ0v) is 19.6. The summed E-state index contributed by atoms with van der Waals surface area (Å²) in [6.07, 6.45) is 2.08. The molecular weight excluding hydrogens is 434 g/mol. The standard InChI is InChI=1S/C26H25N3O3S/c1-18-7-9-19(10-8-18)16-29-13-5-4-6-24(29)28-25(30)15-21-17-33-26(27-21)20-11-12-22(31-2)23(14-20)32-3/h4-14,17H,15-16H2,1-3H3. The number of pyridine rings is 1. The highest BCUT2D eigenvalue weighted by Gasteiger charge is 2.12. The summed E-state index contributed by atoms with van der Waals surface area (Å²) >= 11 is 1.48. The average Bonchev–Trinajstić information content (AvgIpc) is 3.29. The van der Waals surface area contributed by atoms with E-state index in [1.807, 2.05) is 52.5 Å². The van der Waals surface area contributed by atoms with Crippen molar-refractivity contribution in [2.24, 2.45) is 4.99 Å². The Morgan fingerprint density at radius 3 is 2.58 bits per heavy atom. The maximum absolute atomic E-state index is 12.7. The predicted molar refractivity (Wildman–Crippen MR) is 130 cm³/mol. The molecule has 0 spiro atoms. The molecule has 168 valence electrons. The average molecular weight is 460 g/mol. The van der Waals surface area contributed by atoms with Gasteiger partial charge in [-0.25, -0.2) is 4.98 Å². The van der Waals surface area contributed by atoms with Gasteiger partial charge in [-0.15, -0.1) is 11.3 Å². The zero-order chi connectivity index (χ0) is 23.2. The van der Waals surface area contributed by atoms with E-state index >= 15 is 0 Å². The molecule has 0 N–H and O–H groups in total. The first-order valence-corrected chi connectivity index (χ1v) is 11.4. The van der Waals surface area contributed by atoms with Gasteiger partial charge in [-0.1, -0.05) is 35.9 Å². The van der Waals surface area contributed by atoms with Gasteiger partial charge in [-0.05, 0) is 42.8 Å². The molecule has 6 nitrogen and oxygen atoms in total. The van der Waals surface area contributed by atoms with Crippen molar-refractivity contribution in [3.8, 4) is 22.1 Å². The molecule has 4 aromatic rings. The Hall–Kier alpha value is -3.71. The topological polar surface area (TPSA) is 65.7 Å². The fraction of sp³-hybridized carbons (Fsp3) is 0.192. The van der Waals surface area contributed by atoms with Crippen LogP contribution in [0.4, 0.5) is 0 Å². The van der Waals surface area contributed by atoms with Gasteiger partial charge in [0.15, 0.2) is 11.5 Å². The minimum Gasteiger partial charge on any atom is -0.493 e. The fourth-order valence-electron chi connectivity index (χ4n) is 3.40. The van der Waals surface area contributed by atoms with Crippen molar-refractivity contribution in [1.29, 1.82) is 0 Å². The molecule has 0 unspecified atom stereocenters. The Balaban J connectivity index is 1.51. The van der Waals surface area contributed by atoms with Crippen LogP contribution in [-0.4, -0.2) is 29.7 Å². The molecule has 0 saturated heterocycles. The molecule has 0 fully saturated rings. The van der Waals surface area contributed by atoms with Crippen LogP contribution in [0.3, 0.4) is 0 Å². The number of aromatic nitrogens is 2. The molecule has 0 atom stereocenters. The van der Waals surface area contributed by atoms with Gasteiger partial charge < -0.3 is 14.0 Å². The smallest absolute Gasteiger partial charge is 0.253 e. The maximum Gasteiger partial charge on any atom is 0.253 e. The van der Waals surface area contributed by atoms with Crippen LogP contribution in [0.2, 0.25) is 0 Å². The molecule has 0 aliphatic carbocycles. The SMILES string of the molecule is COc1ccc(-c2nc(CC(=O)N=c3ccccn3Cc3ccc(C)cc3)cs2)cc1OC. The van der Waals surface area contributed by atoms with Crippen molar-refractivity contribution >= 4 is 17.2 Å². The Morgan fingerprint density at radius 2 is 1.82 bits per heavy atom. The predicted octanol–water partition coefficient (Wildman–Crippen LogP) is 4.66. The molecule has 4 rings (SSSR count). The molecule has 2 aromatic heterocycles. The highest BCUT2D eigenvalue weighted by Crippen LogP contribution is 2.33. The van der Waals surface area contributed by atoms with Crippen molar-refractivity contribution in [3.05, 3.63) is 94.5 Å². The second-order valence-corrected chi connectivity index (χ2v) is 8.43. The number of thiazole rings is 1. The lowest BCUT2D eigenvalue weighted by molar-refractivity contribution is -0.117. The molecule has 0 aliphatic heterocycles. The first-order valence-electron chi connectivity index (χ1n) is 10.5. The molecule has 2 heterocycles. The number of amides is 1. The number of hydrogen-bond donors (Lipinski definition) is 0. The number of ether oxygens (including phenoxy) is 2. The summed E-state index contributed by atoms with van der Waals surface area (Å²) in [7, 11) is 3.20. The van der Waals surface area contributed by atoms with Crippen molar-refractivity contribution in [1.82, 2.24) is 9.55 Å². The van der Waals surface area contributed by atoms with E-state index in [0.29, 0.717) is 29.2 Å². The Kier molecular flexibility index (Phi) is 7.00. The second-order valence-electron chi connectivity index (χ2n) is 7.57. The van der Waals surface area contributed by atoms with E-state index in [-0.39, 0.29) is 12.3 Å². The molecule has 0 bridgehead atoms. The second kappa shape index (κ2) is 10.3. The first kappa shape index (κ1) is 22.5. The molecule has 0 radical (unpaired) electrons. The summed E-state index contributed by atoms with van der Waals surface area (Å²) in [6.45, 7) is 2.71. The van der Waals surface area contributed by atoms with Crippen LogP contribution in [-0.2, 0) is 17.8 Å². The first-order chi connectivity index (χ1) is 16.1. The highest BCUT2D eigenvalue weighted by atomic mass is 32.1. The number of hydrogen-bond acceptors (Lipinski definition) is 5. The molecule has 0 saturated carbocycles. The lowest BCUT2D eigenvalue weighted by Crippen LogP contribution is -2.22. The van der Waals surface area contributed by atoms with Crippen LogP contribution in [0.1, 0.15) is 16.8 Å². The third-order valence-electron chi connectivity index (χ3n) is 5.14. The minimum absolute atomic E-state index is 0.142. The zero-order valence-electron chi connectivity index (χ0n) is 18.8. The summed E-state index contributed by atoms with van der Waals surface area (Å²) in [5, 5.41) is 2.71. The quantitative estimate of drug-likeness (QED) is 0.403. The number of carbonyl (C=O) groups is 1. The van der Waals surface area contributed by atoms with Crippen LogP contribution < -0.4 is 15.0 Å². The van der Waals surface area contributed by atoms with E-state index in [1.165, 1.54) is 16.9 Å². The van der Waals surface area contributed by atoms with Gasteiger partial charge in [-0.2, -0.15) is 4.99 Å². The normalized spacial score (nSPS) is 11.4. The van der Waals surface area contributed by atoms with E-state index in [9.17, 15) is 4.79 Å². The van der Waals surface area contributed by atoms with Crippen LogP contribution >= 0.6 is 11.3 Å². The molecule has 33 heavy (non-hydrogen) atoms. The van der Waals surface area contributed by atoms with Gasteiger partial charge >= 0.3 is 0 Å². The highest BCUT2D eigenvalue weighted by molar-refractivity contribution is 7.13. The molecule has 0 aliphatic rings. The van der Waals surface area contributed by atoms with Crippen LogP contribution in [0, 0.1) is 6.92 Å². The van der Waals surface area contributed by atoms with Crippen molar-refractivity contribution in [3.63, 3.8) is 0 Å². The van der Waals surface area contributed by atoms with E-state index in [4.69, 9.17) is 9.47 Å². The van der Waals surface area contributed by atoms with E-state index < -0.39 is 0 Å². The van der Waals surface area contributed by atoms with Crippen LogP contribution in [0.15, 0.2) is 77.2 Å². The lowest BCUT2D eigenvalue weighted by Gasteiger charge is -2.08. The monoisotopic (exact) mass is 459 g/mol. The van der Waals surface area contributed by atoms with Crippen molar-refractivity contribution in [2.45, 2.75) is 19.9 Å². The Labute approximate surface area is 196 Å². The number of rotatable bonds is 7. The summed E-state index contributed by atoms with van der Waals surface area (Å²) in [6, 6.07) is 19.7. The summed E-state index contributed by atoms with van der Waals surface area (Å²) < 4.78 is 12.6. The third kappa shape index (κ3) is 5.56. The van der Waals surface area contributed by atoms with Crippen molar-refractivity contribution in [2.75, 3.05) is 14.2 Å². The number of carbonyl (C=O) groups excluding carboxylic acids is 1. The molecular formula is C26H25N3O3S. The van der Waals surface area contributed by atoms with Gasteiger partial charge in [0.25, 0.3) is 5.91 Å². The number of methoxy groups -OCH3 is 2. The Bertz CT molecular complexity index is 1320. The lowest BCUT2D eigenvalue weighted by atomic mass is 10.1. The van der Waals surface area contributed by atoms with E-state index in [1.54, 1.807) is 14.2 Å². The summed E-state index contributed by atoms with van der Waals surface area (Å²) in [5.41, 5.74) is 4.60. The van der Waals surface area contributed by atoms with E-state index in [0.717, 1.165) is 16.1 Å². The largest absolute Gasteiger partial charge is 0.493 e. The minimum atomic E-state index is -0.233. The molecule has 1 amide bonds. The van der Waals surface area contributed by atoms with Gasteiger partial charge in [0.05, 0.1) is 26.3 Å².